The van der Waals surface area contributed by atoms with Gasteiger partial charge in [-0.2, -0.15) is 8.42 Å². The van der Waals surface area contributed by atoms with Crippen LogP contribution in [0, 0.1) is 0 Å². The van der Waals surface area contributed by atoms with Gasteiger partial charge in [-0.1, -0.05) is 12.1 Å². The lowest BCUT2D eigenvalue weighted by molar-refractivity contribution is 0.0564. The van der Waals surface area contributed by atoms with E-state index >= 15 is 0 Å². The molecule has 0 radical (unpaired) electrons. The topological polar surface area (TPSA) is 107 Å². The molecule has 0 amide bonds. The molecule has 0 aromatic heterocycles. The van der Waals surface area contributed by atoms with Crippen molar-refractivity contribution in [3.8, 4) is 0 Å². The summed E-state index contributed by atoms with van der Waals surface area (Å²) in [6.45, 7) is 1.87. The predicted molar refractivity (Wildman–Crippen MR) is 65.6 cm³/mol. The monoisotopic (exact) mass is 273 g/mol. The second-order valence-corrected chi connectivity index (χ2v) is 5.41. The smallest absolute Gasteiger partial charge is 0.339 e. The normalized spacial score (nSPS) is 13.1. The van der Waals surface area contributed by atoms with Crippen LogP contribution in [-0.4, -0.2) is 30.9 Å². The summed E-state index contributed by atoms with van der Waals surface area (Å²) in [7, 11) is -4.31. The predicted octanol–water partition coefficient (Wildman–Crippen LogP) is 0.578. The van der Waals surface area contributed by atoms with E-state index in [0.29, 0.717) is 6.42 Å². The maximum atomic E-state index is 11.4. The van der Waals surface area contributed by atoms with Crippen LogP contribution < -0.4 is 5.73 Å². The van der Waals surface area contributed by atoms with Gasteiger partial charge in [0.05, 0.1) is 5.56 Å². The summed E-state index contributed by atoms with van der Waals surface area (Å²) >= 11 is 0. The highest BCUT2D eigenvalue weighted by Crippen LogP contribution is 2.08. The fourth-order valence-corrected chi connectivity index (χ4v) is 1.62. The minimum absolute atomic E-state index is 0.0160. The molecule has 0 bridgehead atoms. The number of carbonyl (C=O) groups excluding carboxylic acids is 1. The van der Waals surface area contributed by atoms with Crippen LogP contribution in [0.15, 0.2) is 24.3 Å². The van der Waals surface area contributed by atoms with Crippen LogP contribution >= 0.6 is 0 Å². The molecule has 1 rings (SSSR count). The first-order valence-corrected chi connectivity index (χ1v) is 6.85. The van der Waals surface area contributed by atoms with Crippen molar-refractivity contribution >= 4 is 16.1 Å². The van der Waals surface area contributed by atoms with Crippen LogP contribution in [-0.2, 0) is 21.3 Å². The fourth-order valence-electron chi connectivity index (χ4n) is 1.36. The number of carbonyl (C=O) groups is 1. The van der Waals surface area contributed by atoms with Gasteiger partial charge in [0.15, 0.2) is 0 Å². The second kappa shape index (κ2) is 5.94. The van der Waals surface area contributed by atoms with Crippen molar-refractivity contribution in [2.45, 2.75) is 19.4 Å². The molecule has 1 aromatic rings. The molecule has 0 spiro atoms. The molecule has 0 aliphatic heterocycles. The molecule has 0 unspecified atom stereocenters. The standard InChI is InChI=1S/C11H15NO5S/c1-8(12)6-9-2-4-10(5-3-9)11(13)17-7-18(14,15)16/h2-5,8H,6-7,12H2,1H3,(H,14,15,16)/t8-/m1/s1. The molecule has 0 heterocycles. The Morgan fingerprint density at radius 1 is 1.39 bits per heavy atom. The molecule has 0 saturated heterocycles. The Bertz CT molecular complexity index is 507. The van der Waals surface area contributed by atoms with Crippen molar-refractivity contribution in [3.05, 3.63) is 35.4 Å². The summed E-state index contributed by atoms with van der Waals surface area (Å²) in [6.07, 6.45) is 0.681. The minimum atomic E-state index is -4.31. The van der Waals surface area contributed by atoms with E-state index in [9.17, 15) is 13.2 Å². The minimum Gasteiger partial charge on any atom is -0.443 e. The molecule has 3 N–H and O–H groups in total. The van der Waals surface area contributed by atoms with Gasteiger partial charge in [0, 0.05) is 6.04 Å². The van der Waals surface area contributed by atoms with Crippen LogP contribution in [0.3, 0.4) is 0 Å². The maximum Gasteiger partial charge on any atom is 0.339 e. The second-order valence-electron chi connectivity index (χ2n) is 4.01. The van der Waals surface area contributed by atoms with Gasteiger partial charge in [-0.3, -0.25) is 4.55 Å². The lowest BCUT2D eigenvalue weighted by Gasteiger charge is -2.06. The molecule has 0 saturated carbocycles. The fraction of sp³-hybridized carbons (Fsp3) is 0.364. The van der Waals surface area contributed by atoms with Crippen molar-refractivity contribution in [1.82, 2.24) is 0 Å². The number of hydrogen-bond acceptors (Lipinski definition) is 5. The average Bonchev–Trinajstić information content (AvgIpc) is 2.25. The zero-order valence-electron chi connectivity index (χ0n) is 9.87. The molecular formula is C11H15NO5S. The van der Waals surface area contributed by atoms with Crippen LogP contribution in [0.5, 0.6) is 0 Å². The number of hydrogen-bond donors (Lipinski definition) is 2. The number of esters is 1. The quantitative estimate of drug-likeness (QED) is 0.600. The van der Waals surface area contributed by atoms with E-state index in [0.717, 1.165) is 5.56 Å². The Balaban J connectivity index is 2.65. The number of benzene rings is 1. The van der Waals surface area contributed by atoms with Crippen LogP contribution in [0.1, 0.15) is 22.8 Å². The van der Waals surface area contributed by atoms with E-state index in [4.69, 9.17) is 10.3 Å². The Hall–Kier alpha value is -1.44. The SMILES string of the molecule is C[C@@H](N)Cc1ccc(C(=O)OCS(=O)(=O)O)cc1. The first-order valence-electron chi connectivity index (χ1n) is 5.25. The third-order valence-corrected chi connectivity index (χ3v) is 2.50. The highest BCUT2D eigenvalue weighted by molar-refractivity contribution is 7.85. The Morgan fingerprint density at radius 3 is 2.39 bits per heavy atom. The third kappa shape index (κ3) is 5.26. The molecule has 0 fully saturated rings. The molecule has 7 heteroatoms. The van der Waals surface area contributed by atoms with Crippen LogP contribution in [0.4, 0.5) is 0 Å². The van der Waals surface area contributed by atoms with Crippen molar-refractivity contribution in [1.29, 1.82) is 0 Å². The summed E-state index contributed by atoms with van der Waals surface area (Å²) in [5.41, 5.74) is 6.82. The zero-order valence-corrected chi connectivity index (χ0v) is 10.7. The van der Waals surface area contributed by atoms with Gasteiger partial charge in [0.2, 0.25) is 5.94 Å². The molecule has 6 nitrogen and oxygen atoms in total. The maximum absolute atomic E-state index is 11.4. The van der Waals surface area contributed by atoms with Crippen molar-refractivity contribution in [3.63, 3.8) is 0 Å². The van der Waals surface area contributed by atoms with E-state index in [-0.39, 0.29) is 11.6 Å². The van der Waals surface area contributed by atoms with E-state index in [2.05, 4.69) is 4.74 Å². The Kier molecular flexibility index (Phi) is 4.83. The first kappa shape index (κ1) is 14.6. The highest BCUT2D eigenvalue weighted by Gasteiger charge is 2.12. The summed E-state index contributed by atoms with van der Waals surface area (Å²) in [5.74, 6) is -1.85. The van der Waals surface area contributed by atoms with Gasteiger partial charge < -0.3 is 10.5 Å². The largest absolute Gasteiger partial charge is 0.443 e. The molecule has 1 atom stereocenters. The van der Waals surface area contributed by atoms with Crippen molar-refractivity contribution in [2.24, 2.45) is 5.73 Å². The summed E-state index contributed by atoms with van der Waals surface area (Å²) in [6, 6.07) is 6.48. The summed E-state index contributed by atoms with van der Waals surface area (Å²) < 4.78 is 33.7. The first-order chi connectivity index (χ1) is 8.28. The van der Waals surface area contributed by atoms with Gasteiger partial charge in [-0.25, -0.2) is 4.79 Å². The number of nitrogens with two attached hydrogens (primary N) is 1. The zero-order chi connectivity index (χ0) is 13.8. The van der Waals surface area contributed by atoms with E-state index in [1.165, 1.54) is 12.1 Å². The molecule has 0 aliphatic rings. The Labute approximate surface area is 105 Å². The number of ether oxygens (including phenoxy) is 1. The molecule has 1 aromatic carbocycles. The van der Waals surface area contributed by atoms with E-state index in [1.54, 1.807) is 12.1 Å². The average molecular weight is 273 g/mol. The molecular weight excluding hydrogens is 258 g/mol. The van der Waals surface area contributed by atoms with Gasteiger partial charge >= 0.3 is 16.1 Å². The third-order valence-electron chi connectivity index (χ3n) is 2.09. The van der Waals surface area contributed by atoms with Crippen molar-refractivity contribution < 1.29 is 22.5 Å². The molecule has 100 valence electrons. The lowest BCUT2D eigenvalue weighted by atomic mass is 10.1. The van der Waals surface area contributed by atoms with Crippen LogP contribution in [0.25, 0.3) is 0 Å². The summed E-state index contributed by atoms with van der Waals surface area (Å²) in [4.78, 5) is 11.4. The molecule has 0 aliphatic carbocycles. The van der Waals surface area contributed by atoms with Gasteiger partial charge in [0.25, 0.3) is 0 Å². The van der Waals surface area contributed by atoms with Gasteiger partial charge in [0.1, 0.15) is 0 Å². The summed E-state index contributed by atoms with van der Waals surface area (Å²) in [5, 5.41) is 0. The Morgan fingerprint density at radius 2 is 1.94 bits per heavy atom. The van der Waals surface area contributed by atoms with E-state index in [1.807, 2.05) is 6.92 Å². The highest BCUT2D eigenvalue weighted by atomic mass is 32.2. The number of rotatable bonds is 5. The lowest BCUT2D eigenvalue weighted by Crippen LogP contribution is -2.18. The van der Waals surface area contributed by atoms with Gasteiger partial charge in [-0.15, -0.1) is 0 Å². The van der Waals surface area contributed by atoms with Gasteiger partial charge in [-0.05, 0) is 31.0 Å². The molecule has 18 heavy (non-hydrogen) atoms. The van der Waals surface area contributed by atoms with Crippen molar-refractivity contribution in [2.75, 3.05) is 5.94 Å². The van der Waals surface area contributed by atoms with E-state index < -0.39 is 22.0 Å². The van der Waals surface area contributed by atoms with Crippen LogP contribution in [0.2, 0.25) is 0 Å².